The van der Waals surface area contributed by atoms with Gasteiger partial charge in [-0.3, -0.25) is 19.7 Å². The van der Waals surface area contributed by atoms with E-state index in [9.17, 15) is 19.5 Å². The number of carboxylic acids is 1. The monoisotopic (exact) mass is 363 g/mol. The van der Waals surface area contributed by atoms with Crippen LogP contribution in [0.1, 0.15) is 39.2 Å². The number of carbonyl (C=O) groups is 3. The van der Waals surface area contributed by atoms with E-state index in [1.807, 2.05) is 38.1 Å². The van der Waals surface area contributed by atoms with Gasteiger partial charge < -0.3 is 15.3 Å². The molecule has 0 saturated heterocycles. The summed E-state index contributed by atoms with van der Waals surface area (Å²) in [5.74, 6) is -1.60. The fourth-order valence-electron chi connectivity index (χ4n) is 2.70. The Balaban J connectivity index is 2.62. The first-order chi connectivity index (χ1) is 12.3. The second-order valence-electron chi connectivity index (χ2n) is 6.32. The summed E-state index contributed by atoms with van der Waals surface area (Å²) >= 11 is 0. The number of aliphatic carboxylic acids is 1. The van der Waals surface area contributed by atoms with Crippen molar-refractivity contribution < 1.29 is 19.5 Å². The third-order valence-corrected chi connectivity index (χ3v) is 4.13. The Morgan fingerprint density at radius 3 is 2.42 bits per heavy atom. The predicted molar refractivity (Wildman–Crippen MR) is 101 cm³/mol. The maximum absolute atomic E-state index is 12.4. The quantitative estimate of drug-likeness (QED) is 0.589. The summed E-state index contributed by atoms with van der Waals surface area (Å²) in [7, 11) is 1.53. The fraction of sp³-hybridized carbons (Fsp3) is 0.526. The van der Waals surface area contributed by atoms with Crippen LogP contribution in [0.25, 0.3) is 0 Å². The zero-order chi connectivity index (χ0) is 19.7. The number of nitrogens with zero attached hydrogens (tertiary/aromatic N) is 1. The number of para-hydroxylation sites is 1. The number of hydrogen-bond donors (Lipinski definition) is 3. The van der Waals surface area contributed by atoms with Crippen LogP contribution >= 0.6 is 0 Å². The summed E-state index contributed by atoms with van der Waals surface area (Å²) in [4.78, 5) is 37.1. The van der Waals surface area contributed by atoms with Crippen molar-refractivity contribution in [3.63, 3.8) is 0 Å². The zero-order valence-corrected chi connectivity index (χ0v) is 15.9. The molecule has 0 aliphatic carbocycles. The highest BCUT2D eigenvalue weighted by Crippen LogP contribution is 2.15. The number of carboxylic acid groups (broad SMARTS) is 1. The molecule has 2 unspecified atom stereocenters. The maximum atomic E-state index is 12.4. The molecule has 0 bridgehead atoms. The van der Waals surface area contributed by atoms with Gasteiger partial charge in [-0.25, -0.2) is 0 Å². The molecule has 7 heteroatoms. The molecule has 0 aromatic heterocycles. The van der Waals surface area contributed by atoms with Gasteiger partial charge in [-0.1, -0.05) is 38.5 Å². The van der Waals surface area contributed by atoms with E-state index in [0.29, 0.717) is 12.8 Å². The van der Waals surface area contributed by atoms with Crippen molar-refractivity contribution in [1.82, 2.24) is 10.2 Å². The topological polar surface area (TPSA) is 98.7 Å². The predicted octanol–water partition coefficient (Wildman–Crippen LogP) is 1.88. The number of aryl methyl sites for hydroxylation is 1. The second-order valence-corrected chi connectivity index (χ2v) is 6.32. The van der Waals surface area contributed by atoms with Gasteiger partial charge in [0.1, 0.15) is 6.04 Å². The lowest BCUT2D eigenvalue weighted by Gasteiger charge is -2.24. The van der Waals surface area contributed by atoms with Crippen LogP contribution in [0, 0.1) is 0 Å². The molecular formula is C19H29N3O4. The third kappa shape index (κ3) is 6.48. The van der Waals surface area contributed by atoms with Crippen molar-refractivity contribution >= 4 is 23.5 Å². The Hall–Kier alpha value is -2.41. The minimum Gasteiger partial charge on any atom is -0.480 e. The SMILES string of the molecule is CCCC(NC(C)C(=O)N(C)CC(=O)Nc1ccccc1CC)C(=O)O. The lowest BCUT2D eigenvalue weighted by Crippen LogP contribution is -2.50. The van der Waals surface area contributed by atoms with Gasteiger partial charge >= 0.3 is 5.97 Å². The average Bonchev–Trinajstić information content (AvgIpc) is 2.60. The molecule has 1 rings (SSSR count). The number of benzene rings is 1. The van der Waals surface area contributed by atoms with Crippen LogP contribution in [0.5, 0.6) is 0 Å². The normalized spacial score (nSPS) is 12.9. The number of nitrogens with one attached hydrogen (secondary N) is 2. The van der Waals surface area contributed by atoms with Gasteiger partial charge in [-0.2, -0.15) is 0 Å². The third-order valence-electron chi connectivity index (χ3n) is 4.13. The summed E-state index contributed by atoms with van der Waals surface area (Å²) in [6.07, 6.45) is 1.92. The van der Waals surface area contributed by atoms with E-state index in [2.05, 4.69) is 10.6 Å². The standard InChI is InChI=1S/C19H29N3O4/c1-5-9-16(19(25)26)20-13(3)18(24)22(4)12-17(23)21-15-11-8-7-10-14(15)6-2/h7-8,10-11,13,16,20H,5-6,9,12H2,1-4H3,(H,21,23)(H,25,26). The highest BCUT2D eigenvalue weighted by atomic mass is 16.4. The number of anilines is 1. The van der Waals surface area contributed by atoms with Crippen LogP contribution < -0.4 is 10.6 Å². The first-order valence-corrected chi connectivity index (χ1v) is 8.91. The summed E-state index contributed by atoms with van der Waals surface area (Å²) in [5, 5.41) is 14.8. The largest absolute Gasteiger partial charge is 0.480 e. The van der Waals surface area contributed by atoms with Crippen LogP contribution in [0.15, 0.2) is 24.3 Å². The Labute approximate surface area is 154 Å². The van der Waals surface area contributed by atoms with Gasteiger partial charge in [0.25, 0.3) is 0 Å². The minimum absolute atomic E-state index is 0.103. The number of rotatable bonds is 10. The second kappa shape index (κ2) is 10.6. The van der Waals surface area contributed by atoms with E-state index in [0.717, 1.165) is 17.7 Å². The highest BCUT2D eigenvalue weighted by Gasteiger charge is 2.25. The number of carbonyl (C=O) groups excluding carboxylic acids is 2. The van der Waals surface area contributed by atoms with E-state index >= 15 is 0 Å². The molecule has 144 valence electrons. The van der Waals surface area contributed by atoms with Gasteiger partial charge in [0.05, 0.1) is 12.6 Å². The first kappa shape index (κ1) is 21.6. The van der Waals surface area contributed by atoms with Crippen molar-refractivity contribution in [2.24, 2.45) is 0 Å². The lowest BCUT2D eigenvalue weighted by molar-refractivity contribution is -0.141. The first-order valence-electron chi connectivity index (χ1n) is 8.91. The molecule has 0 aliphatic rings. The molecule has 2 atom stereocenters. The Morgan fingerprint density at radius 1 is 1.19 bits per heavy atom. The molecule has 0 aliphatic heterocycles. The van der Waals surface area contributed by atoms with Gasteiger partial charge in [0, 0.05) is 12.7 Å². The van der Waals surface area contributed by atoms with Crippen LogP contribution in [0.2, 0.25) is 0 Å². The van der Waals surface area contributed by atoms with E-state index in [1.165, 1.54) is 11.9 Å². The molecule has 1 aromatic rings. The fourth-order valence-corrected chi connectivity index (χ4v) is 2.70. The average molecular weight is 363 g/mol. The van der Waals surface area contributed by atoms with Crippen molar-refractivity contribution in [1.29, 1.82) is 0 Å². The number of likely N-dealkylation sites (N-methyl/N-ethyl adjacent to an activating group) is 1. The van der Waals surface area contributed by atoms with Gasteiger partial charge in [-0.15, -0.1) is 0 Å². The van der Waals surface area contributed by atoms with E-state index in [1.54, 1.807) is 6.92 Å². The summed E-state index contributed by atoms with van der Waals surface area (Å²) < 4.78 is 0. The zero-order valence-electron chi connectivity index (χ0n) is 15.9. The number of hydrogen-bond acceptors (Lipinski definition) is 4. The van der Waals surface area contributed by atoms with Crippen LogP contribution in [-0.2, 0) is 20.8 Å². The van der Waals surface area contributed by atoms with Crippen LogP contribution in [0.4, 0.5) is 5.69 Å². The maximum Gasteiger partial charge on any atom is 0.320 e. The van der Waals surface area contributed by atoms with Crippen molar-refractivity contribution in [2.45, 2.75) is 52.1 Å². The van der Waals surface area contributed by atoms with Crippen molar-refractivity contribution in [2.75, 3.05) is 18.9 Å². The number of amides is 2. The molecule has 7 nitrogen and oxygen atoms in total. The lowest BCUT2D eigenvalue weighted by atomic mass is 10.1. The van der Waals surface area contributed by atoms with Crippen molar-refractivity contribution in [3.8, 4) is 0 Å². The van der Waals surface area contributed by atoms with Crippen LogP contribution in [-0.4, -0.2) is 53.5 Å². The molecule has 3 N–H and O–H groups in total. The molecule has 1 aromatic carbocycles. The molecule has 2 amide bonds. The molecular weight excluding hydrogens is 334 g/mol. The molecule has 0 fully saturated rings. The molecule has 0 heterocycles. The Bertz CT molecular complexity index is 633. The molecule has 26 heavy (non-hydrogen) atoms. The summed E-state index contributed by atoms with van der Waals surface area (Å²) in [6.45, 7) is 5.39. The minimum atomic E-state index is -0.983. The highest BCUT2D eigenvalue weighted by molar-refractivity contribution is 5.95. The molecule has 0 spiro atoms. The van der Waals surface area contributed by atoms with Gasteiger partial charge in [0.2, 0.25) is 11.8 Å². The molecule has 0 radical (unpaired) electrons. The van der Waals surface area contributed by atoms with Gasteiger partial charge in [0.15, 0.2) is 0 Å². The summed E-state index contributed by atoms with van der Waals surface area (Å²) in [6, 6.07) is 6.05. The van der Waals surface area contributed by atoms with Crippen molar-refractivity contribution in [3.05, 3.63) is 29.8 Å². The summed E-state index contributed by atoms with van der Waals surface area (Å²) in [5.41, 5.74) is 1.76. The Kier molecular flexibility index (Phi) is 8.78. The van der Waals surface area contributed by atoms with E-state index < -0.39 is 18.1 Å². The van der Waals surface area contributed by atoms with Crippen LogP contribution in [0.3, 0.4) is 0 Å². The Morgan fingerprint density at radius 2 is 1.85 bits per heavy atom. The van der Waals surface area contributed by atoms with E-state index in [4.69, 9.17) is 0 Å². The van der Waals surface area contributed by atoms with E-state index in [-0.39, 0.29) is 18.4 Å². The van der Waals surface area contributed by atoms with Gasteiger partial charge in [-0.05, 0) is 31.4 Å². The smallest absolute Gasteiger partial charge is 0.320 e. The molecule has 0 saturated carbocycles.